The van der Waals surface area contributed by atoms with Crippen LogP contribution in [0.4, 0.5) is 0 Å². The molecule has 9 heteroatoms. The molecule has 41 heavy (non-hydrogen) atoms. The Bertz CT molecular complexity index is 1120. The first-order valence-electron chi connectivity index (χ1n) is 14.5. The van der Waals surface area contributed by atoms with Gasteiger partial charge in [-0.1, -0.05) is 84.9 Å². The molecule has 1 heterocycles. The largest absolute Gasteiger partial charge is 0.368 e. The number of benzene rings is 1. The second-order valence-electron chi connectivity index (χ2n) is 13.2. The number of nitrogens with one attached hydrogen (secondary N) is 2. The standard InChI is InChI=1S/C32H51N5O4/c1-20(2)24(19-21(3)29(40)37-18-14-17-23(37)27(33)38)36(10)30(41)26(31(4,5)6)35-28(39)25(34-9)32(7,8)22-15-12-11-13-16-22/h11-13,15-16,19-20,23-26,34H,14,17-18H2,1-10H3,(H2,33,38)(H,35,39)/t23?,24-,25-,26-/m1/s1. The summed E-state index contributed by atoms with van der Waals surface area (Å²) in [6.45, 7) is 15.9. The number of likely N-dealkylation sites (N-methyl/N-ethyl adjacent to an activating group) is 2. The van der Waals surface area contributed by atoms with Crippen LogP contribution in [0.1, 0.15) is 73.8 Å². The summed E-state index contributed by atoms with van der Waals surface area (Å²) in [5, 5.41) is 6.22. The second-order valence-corrected chi connectivity index (χ2v) is 13.2. The third-order valence-electron chi connectivity index (χ3n) is 8.27. The number of nitrogens with two attached hydrogens (primary N) is 1. The average molecular weight is 570 g/mol. The fraction of sp³-hybridized carbons (Fsp3) is 0.625. The van der Waals surface area contributed by atoms with E-state index in [0.29, 0.717) is 18.5 Å². The molecule has 0 bridgehead atoms. The lowest BCUT2D eigenvalue weighted by Gasteiger charge is -2.40. The van der Waals surface area contributed by atoms with Gasteiger partial charge in [-0.25, -0.2) is 0 Å². The molecule has 0 radical (unpaired) electrons. The van der Waals surface area contributed by atoms with Crippen molar-refractivity contribution in [2.45, 2.75) is 97.8 Å². The molecular formula is C32H51N5O4. The highest BCUT2D eigenvalue weighted by molar-refractivity contribution is 5.97. The van der Waals surface area contributed by atoms with Crippen LogP contribution in [0, 0.1) is 11.3 Å². The van der Waals surface area contributed by atoms with Gasteiger partial charge in [-0.3, -0.25) is 19.2 Å². The number of hydrogen-bond donors (Lipinski definition) is 3. The minimum absolute atomic E-state index is 0.0180. The topological polar surface area (TPSA) is 125 Å². The van der Waals surface area contributed by atoms with Gasteiger partial charge in [0.05, 0.1) is 12.1 Å². The maximum atomic E-state index is 14.1. The number of primary amides is 1. The van der Waals surface area contributed by atoms with Gasteiger partial charge in [-0.15, -0.1) is 0 Å². The molecule has 1 aromatic carbocycles. The fourth-order valence-electron chi connectivity index (χ4n) is 5.69. The Labute approximate surface area is 246 Å². The highest BCUT2D eigenvalue weighted by Gasteiger charge is 2.42. The Hall–Kier alpha value is -3.20. The van der Waals surface area contributed by atoms with Crippen molar-refractivity contribution < 1.29 is 19.2 Å². The lowest BCUT2D eigenvalue weighted by molar-refractivity contribution is -0.141. The van der Waals surface area contributed by atoms with Crippen molar-refractivity contribution in [2.75, 3.05) is 20.6 Å². The van der Waals surface area contributed by atoms with E-state index >= 15 is 0 Å². The molecule has 0 saturated carbocycles. The lowest BCUT2D eigenvalue weighted by Crippen LogP contribution is -2.61. The summed E-state index contributed by atoms with van der Waals surface area (Å²) in [6, 6.07) is 7.40. The third-order valence-corrected chi connectivity index (χ3v) is 8.27. The zero-order valence-electron chi connectivity index (χ0n) is 26.6. The monoisotopic (exact) mass is 569 g/mol. The summed E-state index contributed by atoms with van der Waals surface area (Å²) >= 11 is 0. The summed E-state index contributed by atoms with van der Waals surface area (Å²) in [5.74, 6) is -1.29. The second kappa shape index (κ2) is 13.6. The highest BCUT2D eigenvalue weighted by atomic mass is 16.2. The van der Waals surface area contributed by atoms with Gasteiger partial charge < -0.3 is 26.2 Å². The summed E-state index contributed by atoms with van der Waals surface area (Å²) in [4.78, 5) is 56.0. The number of rotatable bonds is 11. The zero-order valence-corrected chi connectivity index (χ0v) is 26.6. The lowest BCUT2D eigenvalue weighted by atomic mass is 9.76. The number of nitrogens with zero attached hydrogens (tertiary/aromatic N) is 2. The average Bonchev–Trinajstić information content (AvgIpc) is 3.39. The highest BCUT2D eigenvalue weighted by Crippen LogP contribution is 2.29. The molecule has 4 atom stereocenters. The van der Waals surface area contributed by atoms with Crippen molar-refractivity contribution in [1.29, 1.82) is 0 Å². The Balaban J connectivity index is 2.33. The van der Waals surface area contributed by atoms with E-state index in [1.165, 1.54) is 4.90 Å². The predicted octanol–water partition coefficient (Wildman–Crippen LogP) is 2.99. The normalized spacial score (nSPS) is 18.6. The molecule has 4 amide bonds. The van der Waals surface area contributed by atoms with Crippen LogP contribution in [0.2, 0.25) is 0 Å². The molecule has 0 aliphatic carbocycles. The molecule has 228 valence electrons. The van der Waals surface area contributed by atoms with Gasteiger partial charge in [0, 0.05) is 24.6 Å². The Kier molecular flexibility index (Phi) is 11.3. The van der Waals surface area contributed by atoms with Crippen LogP contribution in [0.25, 0.3) is 0 Å². The van der Waals surface area contributed by atoms with Crippen LogP contribution in [0.5, 0.6) is 0 Å². The number of amides is 4. The SMILES string of the molecule is CN[C@H](C(=O)N[C@H](C(=O)N(C)[C@H](C=C(C)C(=O)N1CCCC1C(N)=O)C(C)C)C(C)(C)C)C(C)(C)c1ccccc1. The van der Waals surface area contributed by atoms with Crippen LogP contribution in [0.3, 0.4) is 0 Å². The van der Waals surface area contributed by atoms with Crippen LogP contribution in [0.15, 0.2) is 42.0 Å². The minimum Gasteiger partial charge on any atom is -0.368 e. The summed E-state index contributed by atoms with van der Waals surface area (Å²) in [7, 11) is 3.45. The smallest absolute Gasteiger partial charge is 0.249 e. The number of likely N-dealkylation sites (tertiary alicyclic amines) is 1. The van der Waals surface area contributed by atoms with Crippen LogP contribution < -0.4 is 16.4 Å². The van der Waals surface area contributed by atoms with E-state index in [1.54, 1.807) is 32.0 Å². The molecular weight excluding hydrogens is 518 g/mol. The van der Waals surface area contributed by atoms with Crippen LogP contribution in [-0.2, 0) is 24.6 Å². The zero-order chi connectivity index (χ0) is 31.3. The minimum atomic E-state index is -0.814. The van der Waals surface area contributed by atoms with Gasteiger partial charge in [0.1, 0.15) is 12.1 Å². The van der Waals surface area contributed by atoms with E-state index in [4.69, 9.17) is 5.73 Å². The molecule has 1 fully saturated rings. The van der Waals surface area contributed by atoms with Crippen molar-refractivity contribution in [3.8, 4) is 0 Å². The molecule has 1 unspecified atom stereocenters. The quantitative estimate of drug-likeness (QED) is 0.354. The third kappa shape index (κ3) is 7.97. The Morgan fingerprint density at radius 1 is 1.05 bits per heavy atom. The van der Waals surface area contributed by atoms with E-state index in [2.05, 4.69) is 10.6 Å². The molecule has 0 aromatic heterocycles. The number of hydrogen-bond acceptors (Lipinski definition) is 5. The molecule has 1 saturated heterocycles. The molecule has 9 nitrogen and oxygen atoms in total. The predicted molar refractivity (Wildman–Crippen MR) is 163 cm³/mol. The first kappa shape index (κ1) is 34.0. The first-order chi connectivity index (χ1) is 18.9. The summed E-state index contributed by atoms with van der Waals surface area (Å²) in [6.07, 6.45) is 3.07. The van der Waals surface area contributed by atoms with Crippen molar-refractivity contribution in [3.05, 3.63) is 47.5 Å². The number of carbonyl (C=O) groups is 4. The van der Waals surface area contributed by atoms with Crippen LogP contribution >= 0.6 is 0 Å². The van der Waals surface area contributed by atoms with Crippen molar-refractivity contribution in [3.63, 3.8) is 0 Å². The van der Waals surface area contributed by atoms with Gasteiger partial charge in [-0.2, -0.15) is 0 Å². The van der Waals surface area contributed by atoms with Gasteiger partial charge in [0.2, 0.25) is 23.6 Å². The van der Waals surface area contributed by atoms with Crippen molar-refractivity contribution >= 4 is 23.6 Å². The van der Waals surface area contributed by atoms with Gasteiger partial charge in [-0.05, 0) is 43.7 Å². The molecule has 1 aliphatic heterocycles. The molecule has 1 aliphatic rings. The van der Waals surface area contributed by atoms with E-state index in [9.17, 15) is 19.2 Å². The van der Waals surface area contributed by atoms with Crippen molar-refractivity contribution in [2.24, 2.45) is 17.1 Å². The van der Waals surface area contributed by atoms with E-state index in [0.717, 1.165) is 12.0 Å². The molecule has 0 spiro atoms. The fourth-order valence-corrected chi connectivity index (χ4v) is 5.69. The summed E-state index contributed by atoms with van der Waals surface area (Å²) in [5.41, 5.74) is 5.85. The van der Waals surface area contributed by atoms with Gasteiger partial charge in [0.25, 0.3) is 0 Å². The maximum Gasteiger partial charge on any atom is 0.249 e. The number of carbonyl (C=O) groups excluding carboxylic acids is 4. The van der Waals surface area contributed by atoms with E-state index < -0.39 is 40.9 Å². The molecule has 4 N–H and O–H groups in total. The Morgan fingerprint density at radius 3 is 2.12 bits per heavy atom. The first-order valence-corrected chi connectivity index (χ1v) is 14.5. The molecule has 1 aromatic rings. The van der Waals surface area contributed by atoms with Crippen LogP contribution in [-0.4, -0.2) is 78.2 Å². The van der Waals surface area contributed by atoms with E-state index in [-0.39, 0.29) is 23.6 Å². The maximum absolute atomic E-state index is 14.1. The molecule has 2 rings (SSSR count). The summed E-state index contributed by atoms with van der Waals surface area (Å²) < 4.78 is 0. The van der Waals surface area contributed by atoms with Gasteiger partial charge in [0.15, 0.2) is 0 Å². The Morgan fingerprint density at radius 2 is 1.63 bits per heavy atom. The van der Waals surface area contributed by atoms with Gasteiger partial charge >= 0.3 is 0 Å². The van der Waals surface area contributed by atoms with E-state index in [1.807, 2.05) is 78.8 Å². The van der Waals surface area contributed by atoms with Crippen molar-refractivity contribution in [1.82, 2.24) is 20.4 Å².